The molecule has 2 rings (SSSR count). The van der Waals surface area contributed by atoms with Crippen LogP contribution in [0.15, 0.2) is 24.3 Å². The Balaban J connectivity index is 2.09. The fraction of sp³-hybridized carbons (Fsp3) is 0.467. The van der Waals surface area contributed by atoms with Crippen molar-refractivity contribution in [2.45, 2.75) is 18.9 Å². The summed E-state index contributed by atoms with van der Waals surface area (Å²) in [5.74, 6) is -0.0759. The fourth-order valence-corrected chi connectivity index (χ4v) is 2.39. The lowest BCUT2D eigenvalue weighted by Gasteiger charge is -2.30. The van der Waals surface area contributed by atoms with E-state index < -0.39 is 0 Å². The molecule has 0 spiro atoms. The van der Waals surface area contributed by atoms with Crippen LogP contribution in [-0.4, -0.2) is 54.8 Å². The molecule has 20 heavy (non-hydrogen) atoms. The molecule has 0 radical (unpaired) electrons. The summed E-state index contributed by atoms with van der Waals surface area (Å²) in [4.78, 5) is 27.4. The SMILES string of the molecule is CN(C)C(=O)c1ccc(C(=O)N2CCCC(N)C2)cc1. The van der Waals surface area contributed by atoms with Gasteiger partial charge < -0.3 is 15.5 Å². The van der Waals surface area contributed by atoms with Gasteiger partial charge in [-0.05, 0) is 37.1 Å². The van der Waals surface area contributed by atoms with Crippen LogP contribution in [0.5, 0.6) is 0 Å². The zero-order valence-electron chi connectivity index (χ0n) is 12.0. The van der Waals surface area contributed by atoms with Gasteiger partial charge in [-0.3, -0.25) is 9.59 Å². The Bertz CT molecular complexity index is 496. The van der Waals surface area contributed by atoms with Gasteiger partial charge in [0.2, 0.25) is 0 Å². The van der Waals surface area contributed by atoms with Crippen LogP contribution in [0.1, 0.15) is 33.6 Å². The van der Waals surface area contributed by atoms with Crippen LogP contribution in [0.25, 0.3) is 0 Å². The van der Waals surface area contributed by atoms with E-state index in [2.05, 4.69) is 0 Å². The smallest absolute Gasteiger partial charge is 0.253 e. The number of carbonyl (C=O) groups excluding carboxylic acids is 2. The molecule has 1 fully saturated rings. The van der Waals surface area contributed by atoms with Crippen molar-refractivity contribution in [3.05, 3.63) is 35.4 Å². The molecule has 0 aromatic heterocycles. The van der Waals surface area contributed by atoms with Crippen molar-refractivity contribution in [2.75, 3.05) is 27.2 Å². The van der Waals surface area contributed by atoms with Crippen molar-refractivity contribution in [3.63, 3.8) is 0 Å². The van der Waals surface area contributed by atoms with Gasteiger partial charge in [-0.1, -0.05) is 0 Å². The van der Waals surface area contributed by atoms with Crippen molar-refractivity contribution in [3.8, 4) is 0 Å². The molecule has 1 heterocycles. The minimum atomic E-state index is -0.0657. The number of nitrogens with zero attached hydrogens (tertiary/aromatic N) is 2. The van der Waals surface area contributed by atoms with E-state index in [0.29, 0.717) is 17.7 Å². The van der Waals surface area contributed by atoms with E-state index in [1.807, 2.05) is 0 Å². The van der Waals surface area contributed by atoms with E-state index in [1.165, 1.54) is 4.90 Å². The minimum absolute atomic E-state index is 0.0102. The van der Waals surface area contributed by atoms with E-state index in [9.17, 15) is 9.59 Å². The Kier molecular flexibility index (Phi) is 4.39. The third kappa shape index (κ3) is 3.17. The number of amides is 2. The third-order valence-electron chi connectivity index (χ3n) is 3.53. The molecule has 5 heteroatoms. The molecule has 1 aromatic carbocycles. The number of likely N-dealkylation sites (tertiary alicyclic amines) is 1. The van der Waals surface area contributed by atoms with Gasteiger partial charge in [-0.2, -0.15) is 0 Å². The van der Waals surface area contributed by atoms with Gasteiger partial charge in [0, 0.05) is 44.4 Å². The molecular weight excluding hydrogens is 254 g/mol. The van der Waals surface area contributed by atoms with Gasteiger partial charge in [0.25, 0.3) is 11.8 Å². The monoisotopic (exact) mass is 275 g/mol. The zero-order chi connectivity index (χ0) is 14.7. The maximum atomic E-state index is 12.3. The highest BCUT2D eigenvalue weighted by Crippen LogP contribution is 2.14. The van der Waals surface area contributed by atoms with Crippen LogP contribution in [-0.2, 0) is 0 Å². The van der Waals surface area contributed by atoms with Crippen molar-refractivity contribution >= 4 is 11.8 Å². The average Bonchev–Trinajstić information content (AvgIpc) is 2.46. The average molecular weight is 275 g/mol. The van der Waals surface area contributed by atoms with Gasteiger partial charge in [0.15, 0.2) is 0 Å². The van der Waals surface area contributed by atoms with E-state index in [1.54, 1.807) is 43.3 Å². The van der Waals surface area contributed by atoms with Gasteiger partial charge in [0.1, 0.15) is 0 Å². The Morgan fingerprint density at radius 3 is 2.35 bits per heavy atom. The van der Waals surface area contributed by atoms with Gasteiger partial charge in [-0.25, -0.2) is 0 Å². The van der Waals surface area contributed by atoms with Gasteiger partial charge >= 0.3 is 0 Å². The van der Waals surface area contributed by atoms with Gasteiger partial charge in [-0.15, -0.1) is 0 Å². The summed E-state index contributed by atoms with van der Waals surface area (Å²) in [7, 11) is 3.41. The predicted octanol–water partition coefficient (Wildman–Crippen LogP) is 0.952. The number of hydrogen-bond acceptors (Lipinski definition) is 3. The second-order valence-corrected chi connectivity index (χ2v) is 5.43. The van der Waals surface area contributed by atoms with Crippen LogP contribution < -0.4 is 5.73 Å². The molecule has 1 saturated heterocycles. The number of carbonyl (C=O) groups is 2. The zero-order valence-corrected chi connectivity index (χ0v) is 12.0. The first-order chi connectivity index (χ1) is 9.49. The number of hydrogen-bond donors (Lipinski definition) is 1. The summed E-state index contributed by atoms with van der Waals surface area (Å²) in [6, 6.07) is 6.87. The summed E-state index contributed by atoms with van der Waals surface area (Å²) < 4.78 is 0. The van der Waals surface area contributed by atoms with Crippen LogP contribution in [0.3, 0.4) is 0 Å². The first-order valence-electron chi connectivity index (χ1n) is 6.85. The molecule has 1 unspecified atom stereocenters. The molecular formula is C15H21N3O2. The quantitative estimate of drug-likeness (QED) is 0.874. The largest absolute Gasteiger partial charge is 0.345 e. The molecule has 5 nitrogen and oxygen atoms in total. The maximum absolute atomic E-state index is 12.3. The summed E-state index contributed by atoms with van der Waals surface area (Å²) in [6.07, 6.45) is 1.92. The van der Waals surface area contributed by atoms with Crippen molar-refractivity contribution in [1.29, 1.82) is 0 Å². The lowest BCUT2D eigenvalue weighted by Crippen LogP contribution is -2.45. The van der Waals surface area contributed by atoms with Crippen molar-refractivity contribution < 1.29 is 9.59 Å². The second kappa shape index (κ2) is 6.05. The Morgan fingerprint density at radius 2 is 1.80 bits per heavy atom. The van der Waals surface area contributed by atoms with Crippen LogP contribution in [0.4, 0.5) is 0 Å². The Labute approximate surface area is 119 Å². The molecule has 2 N–H and O–H groups in total. The predicted molar refractivity (Wildman–Crippen MR) is 77.6 cm³/mol. The first kappa shape index (κ1) is 14.5. The minimum Gasteiger partial charge on any atom is -0.345 e. The summed E-state index contributed by atoms with van der Waals surface area (Å²) >= 11 is 0. The van der Waals surface area contributed by atoms with Crippen molar-refractivity contribution in [2.24, 2.45) is 5.73 Å². The number of rotatable bonds is 2. The lowest BCUT2D eigenvalue weighted by atomic mass is 10.0. The molecule has 0 bridgehead atoms. The van der Waals surface area contributed by atoms with Crippen LogP contribution >= 0.6 is 0 Å². The maximum Gasteiger partial charge on any atom is 0.253 e. The third-order valence-corrected chi connectivity index (χ3v) is 3.53. The highest BCUT2D eigenvalue weighted by atomic mass is 16.2. The molecule has 1 aromatic rings. The summed E-state index contributed by atoms with van der Waals surface area (Å²) in [5, 5.41) is 0. The Hall–Kier alpha value is -1.88. The number of nitrogens with two attached hydrogens (primary N) is 1. The highest BCUT2D eigenvalue weighted by Gasteiger charge is 2.22. The number of piperidine rings is 1. The molecule has 0 saturated carbocycles. The summed E-state index contributed by atoms with van der Waals surface area (Å²) in [6.45, 7) is 1.36. The van der Waals surface area contributed by atoms with E-state index in [-0.39, 0.29) is 17.9 Å². The van der Waals surface area contributed by atoms with E-state index in [4.69, 9.17) is 5.73 Å². The van der Waals surface area contributed by atoms with Crippen molar-refractivity contribution in [1.82, 2.24) is 9.80 Å². The molecule has 1 aliphatic heterocycles. The molecule has 1 atom stereocenters. The molecule has 0 aliphatic carbocycles. The van der Waals surface area contributed by atoms with Crippen LogP contribution in [0.2, 0.25) is 0 Å². The summed E-state index contributed by atoms with van der Waals surface area (Å²) in [5.41, 5.74) is 7.09. The fourth-order valence-electron chi connectivity index (χ4n) is 2.39. The molecule has 1 aliphatic rings. The van der Waals surface area contributed by atoms with Crippen LogP contribution in [0, 0.1) is 0 Å². The second-order valence-electron chi connectivity index (χ2n) is 5.43. The first-order valence-corrected chi connectivity index (χ1v) is 6.85. The molecule has 108 valence electrons. The lowest BCUT2D eigenvalue weighted by molar-refractivity contribution is 0.0708. The number of benzene rings is 1. The van der Waals surface area contributed by atoms with Gasteiger partial charge in [0.05, 0.1) is 0 Å². The highest BCUT2D eigenvalue weighted by molar-refractivity contribution is 5.97. The topological polar surface area (TPSA) is 66.6 Å². The Morgan fingerprint density at radius 1 is 1.20 bits per heavy atom. The van der Waals surface area contributed by atoms with E-state index in [0.717, 1.165) is 19.4 Å². The standard InChI is InChI=1S/C15H21N3O2/c1-17(2)14(19)11-5-7-12(8-6-11)15(20)18-9-3-4-13(16)10-18/h5-8,13H,3-4,9-10,16H2,1-2H3. The molecule has 2 amide bonds. The van der Waals surface area contributed by atoms with E-state index >= 15 is 0 Å². The normalized spacial score (nSPS) is 18.8.